The molecule has 5 nitrogen and oxygen atoms in total. The van der Waals surface area contributed by atoms with Gasteiger partial charge in [-0.25, -0.2) is 4.79 Å². The highest BCUT2D eigenvalue weighted by Gasteiger charge is 2.27. The summed E-state index contributed by atoms with van der Waals surface area (Å²) >= 11 is 12.9. The van der Waals surface area contributed by atoms with Gasteiger partial charge in [0.2, 0.25) is 0 Å². The molecule has 0 spiro atoms. The Hall–Kier alpha value is -1.98. The highest BCUT2D eigenvalue weighted by molar-refractivity contribution is 6.36. The number of aromatic nitrogens is 1. The molecule has 1 aromatic heterocycles. The van der Waals surface area contributed by atoms with Crippen LogP contribution in [-0.4, -0.2) is 16.2 Å². The van der Waals surface area contributed by atoms with Gasteiger partial charge in [0.15, 0.2) is 0 Å². The number of allylic oxidation sites excluding steroid dienone is 5. The van der Waals surface area contributed by atoms with Gasteiger partial charge < -0.3 is 14.9 Å². The lowest BCUT2D eigenvalue weighted by molar-refractivity contribution is -0.132. The van der Waals surface area contributed by atoms with Gasteiger partial charge in [-0.2, -0.15) is 0 Å². The average molecular weight is 381 g/mol. The summed E-state index contributed by atoms with van der Waals surface area (Å²) in [7, 11) is 0. The molecule has 0 aromatic carbocycles. The van der Waals surface area contributed by atoms with Crippen LogP contribution in [0.3, 0.4) is 0 Å². The van der Waals surface area contributed by atoms with Crippen LogP contribution in [0.1, 0.15) is 42.2 Å². The van der Waals surface area contributed by atoms with E-state index < -0.39 is 5.97 Å². The number of nitrogens with one attached hydrogen (secondary N) is 1. The van der Waals surface area contributed by atoms with E-state index in [4.69, 9.17) is 27.7 Å². The van der Waals surface area contributed by atoms with Crippen LogP contribution in [0.4, 0.5) is 0 Å². The first-order valence-corrected chi connectivity index (χ1v) is 8.74. The summed E-state index contributed by atoms with van der Waals surface area (Å²) < 4.78 is 5.23. The predicted molar refractivity (Wildman–Crippen MR) is 96.3 cm³/mol. The Labute approximate surface area is 155 Å². The molecule has 0 radical (unpaired) electrons. The first-order valence-electron chi connectivity index (χ1n) is 7.98. The van der Waals surface area contributed by atoms with Crippen molar-refractivity contribution < 1.29 is 14.4 Å². The predicted octanol–water partition coefficient (Wildman–Crippen LogP) is 4.63. The van der Waals surface area contributed by atoms with E-state index in [-0.39, 0.29) is 11.5 Å². The van der Waals surface area contributed by atoms with Gasteiger partial charge in [-0.3, -0.25) is 0 Å². The maximum Gasteiger partial charge on any atom is 0.337 e. The molecule has 2 aliphatic carbocycles. The molecule has 1 aromatic rings. The van der Waals surface area contributed by atoms with Crippen molar-refractivity contribution in [1.29, 1.82) is 0 Å². The molecule has 2 N–H and O–H groups in total. The van der Waals surface area contributed by atoms with Gasteiger partial charge in [0.05, 0.1) is 22.0 Å². The van der Waals surface area contributed by atoms with Crippen molar-refractivity contribution >= 4 is 29.2 Å². The standard InChI is InChI=1S/C18H18Cl2N2O3/c1-9-16(10(2)25-22-9)11-7-13(19)17(14(20)8-11)21-15-6-4-3-5-12(15)18(23)24/h5-7,11,21H,3-4,8H2,1-2H3,(H,23,24). The number of carbonyl (C=O) groups is 1. The maximum absolute atomic E-state index is 11.4. The van der Waals surface area contributed by atoms with Crippen LogP contribution in [0.5, 0.6) is 0 Å². The third kappa shape index (κ3) is 3.53. The second-order valence-corrected chi connectivity index (χ2v) is 6.95. The minimum atomic E-state index is -0.973. The fourth-order valence-electron chi connectivity index (χ4n) is 3.21. The smallest absolute Gasteiger partial charge is 0.337 e. The van der Waals surface area contributed by atoms with Crippen LogP contribution < -0.4 is 5.32 Å². The lowest BCUT2D eigenvalue weighted by Gasteiger charge is -2.24. The second kappa shape index (κ2) is 7.10. The zero-order valence-corrected chi connectivity index (χ0v) is 15.4. The van der Waals surface area contributed by atoms with E-state index >= 15 is 0 Å². The van der Waals surface area contributed by atoms with Gasteiger partial charge in [0.25, 0.3) is 0 Å². The summed E-state index contributed by atoms with van der Waals surface area (Å²) in [5, 5.41) is 17.4. The Morgan fingerprint density at radius 1 is 1.32 bits per heavy atom. The highest BCUT2D eigenvalue weighted by atomic mass is 35.5. The molecule has 0 fully saturated rings. The first kappa shape index (κ1) is 17.8. The molecule has 1 atom stereocenters. The summed E-state index contributed by atoms with van der Waals surface area (Å²) in [4.78, 5) is 11.4. The number of aryl methyl sites for hydroxylation is 2. The molecule has 1 heterocycles. The third-order valence-corrected chi connectivity index (χ3v) is 5.02. The van der Waals surface area contributed by atoms with Gasteiger partial charge >= 0.3 is 5.97 Å². The Balaban J connectivity index is 1.86. The van der Waals surface area contributed by atoms with E-state index in [1.807, 2.05) is 26.0 Å². The molecular formula is C18H18Cl2N2O3. The number of hydrogen-bond donors (Lipinski definition) is 2. The highest BCUT2D eigenvalue weighted by Crippen LogP contribution is 2.40. The maximum atomic E-state index is 11.4. The number of aliphatic carboxylic acids is 1. The zero-order chi connectivity index (χ0) is 18.1. The normalized spacial score (nSPS) is 20.8. The molecule has 25 heavy (non-hydrogen) atoms. The summed E-state index contributed by atoms with van der Waals surface area (Å²) in [5.41, 5.74) is 3.11. The molecule has 1 unspecified atom stereocenters. The summed E-state index contributed by atoms with van der Waals surface area (Å²) in [5.74, 6) is -0.249. The van der Waals surface area contributed by atoms with E-state index in [0.717, 1.165) is 23.4 Å². The number of nitrogens with zero attached hydrogens (tertiary/aromatic N) is 1. The molecule has 0 amide bonds. The van der Waals surface area contributed by atoms with Gasteiger partial charge in [0.1, 0.15) is 5.76 Å². The molecule has 0 saturated carbocycles. The Morgan fingerprint density at radius 3 is 2.64 bits per heavy atom. The molecule has 7 heteroatoms. The number of rotatable bonds is 4. The molecule has 0 aliphatic heterocycles. The van der Waals surface area contributed by atoms with Crippen molar-refractivity contribution in [3.63, 3.8) is 0 Å². The van der Waals surface area contributed by atoms with E-state index in [1.54, 1.807) is 6.08 Å². The Bertz CT molecular complexity index is 827. The van der Waals surface area contributed by atoms with Crippen LogP contribution in [0, 0.1) is 13.8 Å². The van der Waals surface area contributed by atoms with Gasteiger partial charge in [-0.05, 0) is 33.1 Å². The molecule has 3 rings (SSSR count). The number of halogens is 2. The number of hydrogen-bond acceptors (Lipinski definition) is 4. The molecular weight excluding hydrogens is 363 g/mol. The fraction of sp³-hybridized carbons (Fsp3) is 0.333. The summed E-state index contributed by atoms with van der Waals surface area (Å²) in [6.07, 6.45) is 7.47. The summed E-state index contributed by atoms with van der Waals surface area (Å²) in [6.45, 7) is 3.75. The van der Waals surface area contributed by atoms with E-state index in [0.29, 0.717) is 34.3 Å². The quantitative estimate of drug-likeness (QED) is 0.795. The minimum absolute atomic E-state index is 0.0216. The minimum Gasteiger partial charge on any atom is -0.478 e. The Morgan fingerprint density at radius 2 is 2.04 bits per heavy atom. The SMILES string of the molecule is Cc1noc(C)c1C1C=C(Cl)C(NC2=CCCC=C2C(=O)O)=C(Cl)C1. The van der Waals surface area contributed by atoms with Crippen molar-refractivity contribution in [2.45, 2.75) is 39.0 Å². The lowest BCUT2D eigenvalue weighted by Crippen LogP contribution is -2.23. The lowest BCUT2D eigenvalue weighted by atomic mass is 9.90. The molecule has 0 bridgehead atoms. The van der Waals surface area contributed by atoms with Crippen LogP contribution in [-0.2, 0) is 4.79 Å². The molecule has 132 valence electrons. The van der Waals surface area contributed by atoms with E-state index in [2.05, 4.69) is 10.5 Å². The monoisotopic (exact) mass is 380 g/mol. The van der Waals surface area contributed by atoms with Crippen molar-refractivity contribution in [1.82, 2.24) is 10.5 Å². The van der Waals surface area contributed by atoms with Crippen LogP contribution in [0.2, 0.25) is 0 Å². The zero-order valence-electron chi connectivity index (χ0n) is 13.9. The van der Waals surface area contributed by atoms with E-state index in [9.17, 15) is 9.90 Å². The van der Waals surface area contributed by atoms with Crippen LogP contribution >= 0.6 is 23.2 Å². The average Bonchev–Trinajstić information content (AvgIpc) is 2.89. The van der Waals surface area contributed by atoms with E-state index in [1.165, 1.54) is 0 Å². The molecule has 2 aliphatic rings. The molecule has 0 saturated heterocycles. The van der Waals surface area contributed by atoms with Crippen molar-refractivity contribution in [3.05, 3.63) is 62.3 Å². The third-order valence-electron chi connectivity index (χ3n) is 4.36. The van der Waals surface area contributed by atoms with Crippen LogP contribution in [0.15, 0.2) is 49.8 Å². The van der Waals surface area contributed by atoms with Gasteiger partial charge in [0, 0.05) is 22.2 Å². The van der Waals surface area contributed by atoms with Crippen molar-refractivity contribution in [2.75, 3.05) is 0 Å². The fourth-order valence-corrected chi connectivity index (χ4v) is 3.88. The first-order chi connectivity index (χ1) is 11.9. The second-order valence-electron chi connectivity index (χ2n) is 6.09. The van der Waals surface area contributed by atoms with Gasteiger partial charge in [-0.15, -0.1) is 0 Å². The number of carboxylic acids is 1. The van der Waals surface area contributed by atoms with Crippen molar-refractivity contribution in [2.24, 2.45) is 0 Å². The largest absolute Gasteiger partial charge is 0.478 e. The van der Waals surface area contributed by atoms with Crippen LogP contribution in [0.25, 0.3) is 0 Å². The topological polar surface area (TPSA) is 75.4 Å². The summed E-state index contributed by atoms with van der Waals surface area (Å²) in [6, 6.07) is 0. The van der Waals surface area contributed by atoms with Gasteiger partial charge in [-0.1, -0.05) is 46.6 Å². The number of carboxylic acid groups (broad SMARTS) is 1. The van der Waals surface area contributed by atoms with Crippen molar-refractivity contribution in [3.8, 4) is 0 Å². The Kier molecular flexibility index (Phi) is 5.06.